The molecule has 78 valence electrons. The highest BCUT2D eigenvalue weighted by Crippen LogP contribution is 2.25. The van der Waals surface area contributed by atoms with Gasteiger partial charge in [-0.2, -0.15) is 0 Å². The lowest BCUT2D eigenvalue weighted by Gasteiger charge is -1.98. The maximum absolute atomic E-state index is 13.5. The highest BCUT2D eigenvalue weighted by Gasteiger charge is 2.10. The first-order chi connectivity index (χ1) is 7.20. The molecule has 0 fully saturated rings. The molecule has 2 aromatic rings. The van der Waals surface area contributed by atoms with E-state index < -0.39 is 0 Å². The molecule has 1 aromatic carbocycles. The molecule has 0 spiro atoms. The minimum atomic E-state index is -0.348. The first-order valence-electron chi connectivity index (χ1n) is 4.17. The van der Waals surface area contributed by atoms with E-state index in [0.717, 1.165) is 0 Å². The van der Waals surface area contributed by atoms with Crippen LogP contribution in [0.1, 0.15) is 5.76 Å². The number of halogens is 3. The van der Waals surface area contributed by atoms with Crippen LogP contribution >= 0.6 is 27.5 Å². The van der Waals surface area contributed by atoms with Crippen molar-refractivity contribution < 1.29 is 8.91 Å². The van der Waals surface area contributed by atoms with Gasteiger partial charge in [0.2, 0.25) is 0 Å². The molecular weight excluding hydrogens is 284 g/mol. The Morgan fingerprint density at radius 2 is 2.20 bits per heavy atom. The molecule has 0 aliphatic heterocycles. The average Bonchev–Trinajstić information content (AvgIpc) is 2.66. The monoisotopic (exact) mass is 289 g/mol. The summed E-state index contributed by atoms with van der Waals surface area (Å²) in [5.41, 5.74) is 0.856. The van der Waals surface area contributed by atoms with Gasteiger partial charge in [-0.05, 0) is 18.2 Å². The molecule has 2 nitrogen and oxygen atoms in total. The molecule has 0 saturated carbocycles. The second kappa shape index (κ2) is 4.33. The molecule has 1 aromatic heterocycles. The summed E-state index contributed by atoms with van der Waals surface area (Å²) in [5.74, 6) is 0.401. The number of nitrogens with zero attached hydrogens (tertiary/aromatic N) is 1. The molecule has 0 aliphatic carbocycles. The Kier molecular flexibility index (Phi) is 3.07. The van der Waals surface area contributed by atoms with Gasteiger partial charge in [-0.3, -0.25) is 0 Å². The molecule has 0 amide bonds. The fourth-order valence-electron chi connectivity index (χ4n) is 1.20. The van der Waals surface area contributed by atoms with Crippen LogP contribution in [0.4, 0.5) is 4.39 Å². The Morgan fingerprint density at radius 3 is 2.80 bits per heavy atom. The third-order valence-corrected chi connectivity index (χ3v) is 2.65. The van der Waals surface area contributed by atoms with E-state index in [2.05, 4.69) is 21.1 Å². The van der Waals surface area contributed by atoms with E-state index >= 15 is 0 Å². The van der Waals surface area contributed by atoms with Crippen molar-refractivity contribution >= 4 is 27.5 Å². The Morgan fingerprint density at radius 1 is 1.40 bits per heavy atom. The van der Waals surface area contributed by atoms with Crippen LogP contribution < -0.4 is 0 Å². The Labute approximate surface area is 99.2 Å². The van der Waals surface area contributed by atoms with Gasteiger partial charge in [-0.25, -0.2) is 4.39 Å². The molecular formula is C10H6BrClFNO. The summed E-state index contributed by atoms with van der Waals surface area (Å²) in [5, 5.41) is 3.73. The van der Waals surface area contributed by atoms with Crippen LogP contribution in [0.15, 0.2) is 33.3 Å². The molecule has 0 unspecified atom stereocenters. The highest BCUT2D eigenvalue weighted by atomic mass is 79.9. The largest absolute Gasteiger partial charge is 0.359 e. The van der Waals surface area contributed by atoms with Gasteiger partial charge in [0.1, 0.15) is 11.5 Å². The lowest BCUT2D eigenvalue weighted by atomic mass is 10.1. The van der Waals surface area contributed by atoms with E-state index in [1.54, 1.807) is 18.2 Å². The van der Waals surface area contributed by atoms with Crippen LogP contribution in [-0.2, 0) is 5.88 Å². The maximum atomic E-state index is 13.5. The molecule has 0 saturated heterocycles. The van der Waals surface area contributed by atoms with Gasteiger partial charge >= 0.3 is 0 Å². The number of alkyl halides is 1. The lowest BCUT2D eigenvalue weighted by molar-refractivity contribution is 0.396. The van der Waals surface area contributed by atoms with Crippen molar-refractivity contribution in [2.24, 2.45) is 0 Å². The third-order valence-electron chi connectivity index (χ3n) is 1.90. The van der Waals surface area contributed by atoms with Gasteiger partial charge in [-0.1, -0.05) is 21.1 Å². The average molecular weight is 291 g/mol. The molecule has 2 rings (SSSR count). The smallest absolute Gasteiger partial charge is 0.152 e. The molecule has 15 heavy (non-hydrogen) atoms. The van der Waals surface area contributed by atoms with E-state index in [1.807, 2.05) is 0 Å². The SMILES string of the molecule is Fc1cc(Br)ccc1-c1cc(CCl)on1. The summed E-state index contributed by atoms with van der Waals surface area (Å²) in [6.07, 6.45) is 0. The number of hydrogen-bond donors (Lipinski definition) is 0. The van der Waals surface area contributed by atoms with Gasteiger partial charge in [-0.15, -0.1) is 11.6 Å². The Bertz CT molecular complexity index is 486. The number of hydrogen-bond acceptors (Lipinski definition) is 2. The molecule has 5 heteroatoms. The van der Waals surface area contributed by atoms with Crippen molar-refractivity contribution in [3.8, 4) is 11.3 Å². The summed E-state index contributed by atoms with van der Waals surface area (Å²) < 4.78 is 19.1. The number of rotatable bonds is 2. The van der Waals surface area contributed by atoms with E-state index in [4.69, 9.17) is 16.1 Å². The van der Waals surface area contributed by atoms with E-state index in [-0.39, 0.29) is 11.7 Å². The topological polar surface area (TPSA) is 26.0 Å². The lowest BCUT2D eigenvalue weighted by Crippen LogP contribution is -1.83. The van der Waals surface area contributed by atoms with Crippen molar-refractivity contribution in [3.63, 3.8) is 0 Å². The van der Waals surface area contributed by atoms with E-state index in [9.17, 15) is 4.39 Å². The van der Waals surface area contributed by atoms with E-state index in [0.29, 0.717) is 21.5 Å². The zero-order valence-electron chi connectivity index (χ0n) is 7.51. The summed E-state index contributed by atoms with van der Waals surface area (Å²) in [6.45, 7) is 0. The fourth-order valence-corrected chi connectivity index (χ4v) is 1.66. The third kappa shape index (κ3) is 2.21. The van der Waals surface area contributed by atoms with Crippen molar-refractivity contribution in [1.82, 2.24) is 5.16 Å². The first-order valence-corrected chi connectivity index (χ1v) is 5.50. The molecule has 0 atom stereocenters. The zero-order chi connectivity index (χ0) is 10.8. The van der Waals surface area contributed by atoms with Gasteiger partial charge < -0.3 is 4.52 Å². The van der Waals surface area contributed by atoms with Gasteiger partial charge in [0.25, 0.3) is 0 Å². The molecule has 1 heterocycles. The standard InChI is InChI=1S/C10H6BrClFNO/c11-6-1-2-8(9(13)3-6)10-4-7(5-12)15-14-10/h1-4H,5H2. The minimum Gasteiger partial charge on any atom is -0.359 e. The van der Waals surface area contributed by atoms with Crippen LogP contribution in [0.3, 0.4) is 0 Å². The molecule has 0 aliphatic rings. The highest BCUT2D eigenvalue weighted by molar-refractivity contribution is 9.10. The second-order valence-electron chi connectivity index (χ2n) is 2.94. The van der Waals surface area contributed by atoms with Crippen LogP contribution in [0, 0.1) is 5.82 Å². The van der Waals surface area contributed by atoms with Crippen LogP contribution in [0.5, 0.6) is 0 Å². The first kappa shape index (κ1) is 10.6. The minimum absolute atomic E-state index is 0.227. The molecule has 0 bridgehead atoms. The Hall–Kier alpha value is -0.870. The summed E-state index contributed by atoms with van der Waals surface area (Å²) in [7, 11) is 0. The predicted molar refractivity (Wildman–Crippen MR) is 59.2 cm³/mol. The van der Waals surface area contributed by atoms with Crippen LogP contribution in [-0.4, -0.2) is 5.16 Å². The fraction of sp³-hybridized carbons (Fsp3) is 0.100. The van der Waals surface area contributed by atoms with Crippen molar-refractivity contribution in [2.45, 2.75) is 5.88 Å². The van der Waals surface area contributed by atoms with Crippen molar-refractivity contribution in [1.29, 1.82) is 0 Å². The number of aromatic nitrogens is 1. The van der Waals surface area contributed by atoms with Gasteiger partial charge in [0, 0.05) is 16.1 Å². The van der Waals surface area contributed by atoms with Gasteiger partial charge in [0.15, 0.2) is 5.76 Å². The van der Waals surface area contributed by atoms with Gasteiger partial charge in [0.05, 0.1) is 5.88 Å². The van der Waals surface area contributed by atoms with Crippen molar-refractivity contribution in [3.05, 3.63) is 40.3 Å². The Balaban J connectivity index is 2.44. The van der Waals surface area contributed by atoms with E-state index in [1.165, 1.54) is 6.07 Å². The van der Waals surface area contributed by atoms with Crippen LogP contribution in [0.25, 0.3) is 11.3 Å². The number of benzene rings is 1. The van der Waals surface area contributed by atoms with Crippen LogP contribution in [0.2, 0.25) is 0 Å². The van der Waals surface area contributed by atoms with Crippen molar-refractivity contribution in [2.75, 3.05) is 0 Å². The predicted octanol–water partition coefficient (Wildman–Crippen LogP) is 3.98. The summed E-state index contributed by atoms with van der Waals surface area (Å²) in [6, 6.07) is 6.38. The normalized spacial score (nSPS) is 10.6. The zero-order valence-corrected chi connectivity index (χ0v) is 9.85. The maximum Gasteiger partial charge on any atom is 0.152 e. The summed E-state index contributed by atoms with van der Waals surface area (Å²) >= 11 is 8.74. The molecule has 0 N–H and O–H groups in total. The quantitative estimate of drug-likeness (QED) is 0.782. The molecule has 0 radical (unpaired) electrons. The summed E-state index contributed by atoms with van der Waals surface area (Å²) in [4.78, 5) is 0. The second-order valence-corrected chi connectivity index (χ2v) is 4.12.